The molecule has 0 heterocycles. The topological polar surface area (TPSA) is 78.7 Å². The molecule has 0 aliphatic rings. The molecule has 0 atom stereocenters. The monoisotopic (exact) mass is 272 g/mol. The first-order chi connectivity index (χ1) is 8.29. The Bertz CT molecular complexity index is 488. The molecule has 0 fully saturated rings. The van der Waals surface area contributed by atoms with Gasteiger partial charge in [-0.1, -0.05) is 6.07 Å². The lowest BCUT2D eigenvalue weighted by Crippen LogP contribution is -2.40. The fraction of sp³-hybridized carbons (Fsp3) is 0.455. The minimum Gasteiger partial charge on any atom is -0.399 e. The average molecular weight is 272 g/mol. The molecule has 0 bridgehead atoms. The minimum atomic E-state index is -3.32. The largest absolute Gasteiger partial charge is 0.399 e. The van der Waals surface area contributed by atoms with E-state index in [1.807, 2.05) is 19.0 Å². The Morgan fingerprint density at radius 1 is 1.28 bits per heavy atom. The van der Waals surface area contributed by atoms with Crippen LogP contribution in [-0.4, -0.2) is 51.2 Å². The summed E-state index contributed by atoms with van der Waals surface area (Å²) in [7, 11) is 0.463. The van der Waals surface area contributed by atoms with Crippen LogP contribution in [0.25, 0.3) is 0 Å². The molecule has 0 spiro atoms. The van der Waals surface area contributed by atoms with Crippen molar-refractivity contribution in [1.29, 1.82) is 0 Å². The normalized spacial score (nSPS) is 12.1. The third-order valence-corrected chi connectivity index (χ3v) is 3.37. The van der Waals surface area contributed by atoms with Gasteiger partial charge in [0.2, 0.25) is 10.0 Å². The van der Waals surface area contributed by atoms with Crippen molar-refractivity contribution >= 4 is 21.4 Å². The lowest BCUT2D eigenvalue weighted by Gasteiger charge is -2.23. The van der Waals surface area contributed by atoms with Gasteiger partial charge in [-0.3, -0.25) is 0 Å². The first-order valence-electron chi connectivity index (χ1n) is 5.53. The number of likely N-dealkylation sites (N-methyl/N-ethyl adjacent to an activating group) is 1. The quantitative estimate of drug-likeness (QED) is 0.579. The summed E-state index contributed by atoms with van der Waals surface area (Å²) in [5.41, 5.74) is 9.74. The Balaban J connectivity index is 2.79. The smallest absolute Gasteiger partial charge is 0.228 e. The average Bonchev–Trinajstić information content (AvgIpc) is 2.22. The summed E-state index contributed by atoms with van der Waals surface area (Å²) in [4.78, 5) is 1.92. The van der Waals surface area contributed by atoms with Crippen molar-refractivity contribution in [3.63, 3.8) is 0 Å². The Morgan fingerprint density at radius 2 is 1.94 bits per heavy atom. The number of nitrogens with one attached hydrogen (secondary N) is 1. The zero-order valence-corrected chi connectivity index (χ0v) is 11.7. The second-order valence-electron chi connectivity index (χ2n) is 4.38. The van der Waals surface area contributed by atoms with Crippen LogP contribution in [0.1, 0.15) is 0 Å². The van der Waals surface area contributed by atoms with E-state index < -0.39 is 10.0 Å². The fourth-order valence-electron chi connectivity index (χ4n) is 1.35. The molecule has 7 heteroatoms. The molecular weight excluding hydrogens is 252 g/mol. The standard InChI is InChI=1S/C11H20N4O2S/c1-14(2)7-8-15(18(3,16)17)13-11-6-4-5-10(12)9-11/h4-6,9,13H,7-8,12H2,1-3H3. The Kier molecular flexibility index (Phi) is 4.94. The molecule has 1 rings (SSSR count). The molecule has 3 N–H and O–H groups in total. The van der Waals surface area contributed by atoms with Gasteiger partial charge in [-0.2, -0.15) is 0 Å². The third-order valence-electron chi connectivity index (χ3n) is 2.29. The summed E-state index contributed by atoms with van der Waals surface area (Å²) >= 11 is 0. The number of rotatable bonds is 6. The van der Waals surface area contributed by atoms with Crippen LogP contribution in [-0.2, 0) is 10.0 Å². The van der Waals surface area contributed by atoms with Crippen LogP contribution in [0.4, 0.5) is 11.4 Å². The summed E-state index contributed by atoms with van der Waals surface area (Å²) in [6.07, 6.45) is 1.17. The molecule has 0 unspecified atom stereocenters. The first-order valence-corrected chi connectivity index (χ1v) is 7.38. The Hall–Kier alpha value is -1.31. The van der Waals surface area contributed by atoms with Gasteiger partial charge < -0.3 is 16.1 Å². The molecule has 1 aromatic carbocycles. The number of nitrogens with zero attached hydrogens (tertiary/aromatic N) is 2. The number of nitrogen functional groups attached to an aromatic ring is 1. The summed E-state index contributed by atoms with van der Waals surface area (Å²) in [6.45, 7) is 0.989. The molecule has 0 radical (unpaired) electrons. The summed E-state index contributed by atoms with van der Waals surface area (Å²) in [5, 5.41) is 0. The zero-order chi connectivity index (χ0) is 13.8. The predicted molar refractivity (Wildman–Crippen MR) is 74.6 cm³/mol. The summed E-state index contributed by atoms with van der Waals surface area (Å²) < 4.78 is 24.5. The van der Waals surface area contributed by atoms with Crippen LogP contribution in [0.3, 0.4) is 0 Å². The van der Waals surface area contributed by atoms with Crippen LogP contribution in [0.2, 0.25) is 0 Å². The zero-order valence-electron chi connectivity index (χ0n) is 10.9. The van der Waals surface area contributed by atoms with Crippen molar-refractivity contribution in [2.45, 2.75) is 0 Å². The molecule has 0 amide bonds. The van der Waals surface area contributed by atoms with E-state index in [1.54, 1.807) is 24.3 Å². The number of sulfonamides is 1. The third kappa shape index (κ3) is 4.91. The lowest BCUT2D eigenvalue weighted by molar-refractivity contribution is 0.358. The van der Waals surface area contributed by atoms with E-state index in [4.69, 9.17) is 5.73 Å². The fourth-order valence-corrected chi connectivity index (χ4v) is 2.03. The highest BCUT2D eigenvalue weighted by Gasteiger charge is 2.16. The SMILES string of the molecule is CN(C)CCN(Nc1cccc(N)c1)S(C)(=O)=O. The molecule has 102 valence electrons. The van der Waals surface area contributed by atoms with Gasteiger partial charge in [0.25, 0.3) is 0 Å². The van der Waals surface area contributed by atoms with Crippen molar-refractivity contribution in [2.75, 3.05) is 44.6 Å². The van der Waals surface area contributed by atoms with E-state index >= 15 is 0 Å². The van der Waals surface area contributed by atoms with Gasteiger partial charge in [0.15, 0.2) is 0 Å². The van der Waals surface area contributed by atoms with E-state index in [1.165, 1.54) is 10.7 Å². The van der Waals surface area contributed by atoms with Crippen LogP contribution < -0.4 is 11.2 Å². The molecule has 0 saturated heterocycles. The molecular formula is C11H20N4O2S. The van der Waals surface area contributed by atoms with Crippen molar-refractivity contribution < 1.29 is 8.42 Å². The van der Waals surface area contributed by atoms with Gasteiger partial charge in [-0.25, -0.2) is 8.42 Å². The van der Waals surface area contributed by atoms with Crippen molar-refractivity contribution in [3.8, 4) is 0 Å². The highest BCUT2D eigenvalue weighted by atomic mass is 32.2. The maximum absolute atomic E-state index is 11.6. The van der Waals surface area contributed by atoms with Crippen LogP contribution in [0.5, 0.6) is 0 Å². The van der Waals surface area contributed by atoms with Gasteiger partial charge in [0.05, 0.1) is 11.9 Å². The second-order valence-corrected chi connectivity index (χ2v) is 6.28. The highest BCUT2D eigenvalue weighted by Crippen LogP contribution is 2.13. The van der Waals surface area contributed by atoms with Gasteiger partial charge in [-0.15, -0.1) is 4.41 Å². The maximum atomic E-state index is 11.6. The molecule has 0 aliphatic carbocycles. The van der Waals surface area contributed by atoms with E-state index in [2.05, 4.69) is 5.43 Å². The van der Waals surface area contributed by atoms with E-state index in [0.29, 0.717) is 24.5 Å². The minimum absolute atomic E-state index is 0.362. The van der Waals surface area contributed by atoms with Crippen molar-refractivity contribution in [3.05, 3.63) is 24.3 Å². The van der Waals surface area contributed by atoms with Gasteiger partial charge in [0.1, 0.15) is 0 Å². The molecule has 18 heavy (non-hydrogen) atoms. The second kappa shape index (κ2) is 6.03. The molecule has 1 aromatic rings. The van der Waals surface area contributed by atoms with Gasteiger partial charge in [0, 0.05) is 18.8 Å². The number of benzene rings is 1. The van der Waals surface area contributed by atoms with Crippen LogP contribution in [0, 0.1) is 0 Å². The summed E-state index contributed by atoms with van der Waals surface area (Å²) in [6, 6.07) is 6.97. The maximum Gasteiger partial charge on any atom is 0.228 e. The van der Waals surface area contributed by atoms with Crippen LogP contribution >= 0.6 is 0 Å². The first kappa shape index (κ1) is 14.7. The van der Waals surface area contributed by atoms with Crippen molar-refractivity contribution in [2.24, 2.45) is 0 Å². The molecule has 0 aromatic heterocycles. The number of hydrogen-bond donors (Lipinski definition) is 2. The number of hydrogen-bond acceptors (Lipinski definition) is 5. The van der Waals surface area contributed by atoms with Crippen LogP contribution in [0.15, 0.2) is 24.3 Å². The van der Waals surface area contributed by atoms with Gasteiger partial charge in [-0.05, 0) is 32.3 Å². The van der Waals surface area contributed by atoms with Gasteiger partial charge >= 0.3 is 0 Å². The predicted octanol–water partition coefficient (Wildman–Crippen LogP) is 0.419. The number of anilines is 2. The summed E-state index contributed by atoms with van der Waals surface area (Å²) in [5.74, 6) is 0. The number of nitrogens with two attached hydrogens (primary N) is 1. The van der Waals surface area contributed by atoms with E-state index in [-0.39, 0.29) is 0 Å². The van der Waals surface area contributed by atoms with Crippen molar-refractivity contribution in [1.82, 2.24) is 9.31 Å². The Morgan fingerprint density at radius 3 is 2.44 bits per heavy atom. The van der Waals surface area contributed by atoms with E-state index in [0.717, 1.165) is 0 Å². The number of hydrazine groups is 1. The lowest BCUT2D eigenvalue weighted by atomic mass is 10.3. The van der Waals surface area contributed by atoms with E-state index in [9.17, 15) is 8.42 Å². The molecule has 0 aliphatic heterocycles. The highest BCUT2D eigenvalue weighted by molar-refractivity contribution is 7.88. The molecule has 6 nitrogen and oxygen atoms in total. The Labute approximate surface area is 108 Å². The molecule has 0 saturated carbocycles.